The number of halogens is 4. The maximum atomic E-state index is 13.9. The normalized spacial score (nSPS) is 11.2. The molecule has 1 heterocycles. The highest BCUT2D eigenvalue weighted by Crippen LogP contribution is 2.37. The number of rotatable bonds is 4. The second kappa shape index (κ2) is 7.50. The summed E-state index contributed by atoms with van der Waals surface area (Å²) in [6.07, 6.45) is 0. The van der Waals surface area contributed by atoms with E-state index in [0.717, 1.165) is 17.7 Å². The number of carbonyl (C=O) groups is 1. The summed E-state index contributed by atoms with van der Waals surface area (Å²) in [5.74, 6) is -3.26. The van der Waals surface area contributed by atoms with Gasteiger partial charge in [-0.1, -0.05) is 41.4 Å². The van der Waals surface area contributed by atoms with Crippen molar-refractivity contribution in [1.82, 2.24) is 4.57 Å². The zero-order valence-electron chi connectivity index (χ0n) is 14.8. The van der Waals surface area contributed by atoms with E-state index in [1.807, 2.05) is 6.07 Å². The molecular weight excluding hydrogens is 419 g/mol. The van der Waals surface area contributed by atoms with Gasteiger partial charge < -0.3 is 9.67 Å². The fourth-order valence-corrected chi connectivity index (χ4v) is 3.86. The van der Waals surface area contributed by atoms with Crippen LogP contribution in [0.15, 0.2) is 60.7 Å². The molecule has 29 heavy (non-hydrogen) atoms. The molecule has 0 atom stereocenters. The lowest BCUT2D eigenvalue weighted by Crippen LogP contribution is -2.10. The predicted molar refractivity (Wildman–Crippen MR) is 110 cm³/mol. The largest absolute Gasteiger partial charge is 0.477 e. The minimum atomic E-state index is -1.20. The Kier molecular flexibility index (Phi) is 5.03. The maximum Gasteiger partial charge on any atom is 0.353 e. The van der Waals surface area contributed by atoms with Gasteiger partial charge in [-0.3, -0.25) is 0 Å². The summed E-state index contributed by atoms with van der Waals surface area (Å²) in [5.41, 5.74) is 1.87. The van der Waals surface area contributed by atoms with E-state index in [4.69, 9.17) is 23.2 Å². The first-order chi connectivity index (χ1) is 13.8. The topological polar surface area (TPSA) is 42.2 Å². The highest BCUT2D eigenvalue weighted by molar-refractivity contribution is 6.31. The summed E-state index contributed by atoms with van der Waals surface area (Å²) in [6.45, 7) is 0.226. The first kappa shape index (κ1) is 19.4. The molecular formula is C22H13Cl2F2NO2. The zero-order valence-corrected chi connectivity index (χ0v) is 16.3. The van der Waals surface area contributed by atoms with Crippen LogP contribution in [0.4, 0.5) is 8.78 Å². The summed E-state index contributed by atoms with van der Waals surface area (Å²) in [7, 11) is 0. The van der Waals surface area contributed by atoms with Crippen LogP contribution in [0.5, 0.6) is 0 Å². The Morgan fingerprint density at radius 1 is 0.931 bits per heavy atom. The highest BCUT2D eigenvalue weighted by Gasteiger charge is 2.24. The summed E-state index contributed by atoms with van der Waals surface area (Å²) < 4.78 is 29.0. The van der Waals surface area contributed by atoms with Crippen molar-refractivity contribution in [3.05, 3.63) is 93.6 Å². The number of fused-ring (bicyclic) bond motifs is 1. The SMILES string of the molecule is O=C(O)c1c(-c2ccc(F)c(F)c2)c2cc(Cl)ccc2n1Cc1cccc(Cl)c1. The molecule has 0 aliphatic carbocycles. The summed E-state index contributed by atoms with van der Waals surface area (Å²) in [4.78, 5) is 12.2. The van der Waals surface area contributed by atoms with Crippen LogP contribution in [0.2, 0.25) is 10.0 Å². The molecule has 4 aromatic rings. The average Bonchev–Trinajstić information content (AvgIpc) is 2.97. The Balaban J connectivity index is 2.04. The summed E-state index contributed by atoms with van der Waals surface area (Å²) in [6, 6.07) is 15.4. The van der Waals surface area contributed by atoms with Crippen LogP contribution in [0, 0.1) is 11.6 Å². The van der Waals surface area contributed by atoms with Crippen molar-refractivity contribution in [2.45, 2.75) is 6.54 Å². The third-order valence-corrected chi connectivity index (χ3v) is 5.14. The number of carboxylic acids is 1. The molecule has 0 fully saturated rings. The van der Waals surface area contributed by atoms with Crippen LogP contribution < -0.4 is 0 Å². The van der Waals surface area contributed by atoms with Crippen molar-refractivity contribution in [2.75, 3.05) is 0 Å². The summed E-state index contributed by atoms with van der Waals surface area (Å²) >= 11 is 12.2. The fourth-order valence-electron chi connectivity index (χ4n) is 3.48. The minimum absolute atomic E-state index is 0.0479. The van der Waals surface area contributed by atoms with E-state index >= 15 is 0 Å². The maximum absolute atomic E-state index is 13.9. The average molecular weight is 432 g/mol. The minimum Gasteiger partial charge on any atom is -0.477 e. The molecule has 4 rings (SSSR count). The van der Waals surface area contributed by atoms with Crippen LogP contribution in [0.3, 0.4) is 0 Å². The van der Waals surface area contributed by atoms with Gasteiger partial charge in [-0.2, -0.15) is 0 Å². The molecule has 0 saturated carbocycles. The molecule has 0 aliphatic rings. The molecule has 3 nitrogen and oxygen atoms in total. The van der Waals surface area contributed by atoms with E-state index in [1.54, 1.807) is 41.0 Å². The van der Waals surface area contributed by atoms with Crippen molar-refractivity contribution < 1.29 is 18.7 Å². The smallest absolute Gasteiger partial charge is 0.353 e. The molecule has 3 aromatic carbocycles. The molecule has 146 valence electrons. The highest BCUT2D eigenvalue weighted by atomic mass is 35.5. The first-order valence-electron chi connectivity index (χ1n) is 8.60. The van der Waals surface area contributed by atoms with Gasteiger partial charge in [0.25, 0.3) is 0 Å². The third kappa shape index (κ3) is 3.59. The standard InChI is InChI=1S/C22H13Cl2F2NO2/c23-14-3-1-2-12(8-14)11-27-19-7-5-15(24)10-16(19)20(21(27)22(28)29)13-4-6-17(25)18(26)9-13/h1-10H,11H2,(H,28,29). The Morgan fingerprint density at radius 2 is 1.69 bits per heavy atom. The van der Waals surface area contributed by atoms with E-state index in [9.17, 15) is 18.7 Å². The van der Waals surface area contributed by atoms with Crippen molar-refractivity contribution in [2.24, 2.45) is 0 Å². The van der Waals surface area contributed by atoms with Gasteiger partial charge in [0, 0.05) is 33.1 Å². The Hall–Kier alpha value is -2.89. The molecule has 0 saturated heterocycles. The van der Waals surface area contributed by atoms with Crippen LogP contribution in [0.25, 0.3) is 22.0 Å². The number of benzene rings is 3. The number of hydrogen-bond donors (Lipinski definition) is 1. The molecule has 0 radical (unpaired) electrons. The number of aromatic carboxylic acids is 1. The van der Waals surface area contributed by atoms with Crippen molar-refractivity contribution >= 4 is 40.1 Å². The molecule has 0 unspecified atom stereocenters. The van der Waals surface area contributed by atoms with Gasteiger partial charge >= 0.3 is 5.97 Å². The van der Waals surface area contributed by atoms with Gasteiger partial charge in [0.2, 0.25) is 0 Å². The molecule has 1 aromatic heterocycles. The first-order valence-corrected chi connectivity index (χ1v) is 9.35. The fraction of sp³-hybridized carbons (Fsp3) is 0.0455. The molecule has 1 N–H and O–H groups in total. The molecule has 0 bridgehead atoms. The Morgan fingerprint density at radius 3 is 2.38 bits per heavy atom. The van der Waals surface area contributed by atoms with E-state index in [-0.39, 0.29) is 23.4 Å². The second-order valence-electron chi connectivity index (χ2n) is 6.54. The van der Waals surface area contributed by atoms with Gasteiger partial charge in [-0.15, -0.1) is 0 Å². The van der Waals surface area contributed by atoms with Crippen molar-refractivity contribution in [1.29, 1.82) is 0 Å². The third-order valence-electron chi connectivity index (χ3n) is 4.67. The van der Waals surface area contributed by atoms with E-state index in [1.165, 1.54) is 6.07 Å². The lowest BCUT2D eigenvalue weighted by Gasteiger charge is -2.10. The van der Waals surface area contributed by atoms with Gasteiger partial charge in [-0.25, -0.2) is 13.6 Å². The molecule has 0 amide bonds. The predicted octanol–water partition coefficient (Wildman–Crippen LogP) is 6.64. The Bertz CT molecular complexity index is 1270. The van der Waals surface area contributed by atoms with E-state index in [2.05, 4.69) is 0 Å². The van der Waals surface area contributed by atoms with Crippen LogP contribution >= 0.6 is 23.2 Å². The number of hydrogen-bond acceptors (Lipinski definition) is 1. The number of carboxylic acid groups (broad SMARTS) is 1. The van der Waals surface area contributed by atoms with Gasteiger partial charge in [0.1, 0.15) is 5.69 Å². The van der Waals surface area contributed by atoms with Crippen LogP contribution in [-0.4, -0.2) is 15.6 Å². The number of nitrogens with zero attached hydrogens (tertiary/aromatic N) is 1. The van der Waals surface area contributed by atoms with Crippen LogP contribution in [-0.2, 0) is 6.54 Å². The quantitative estimate of drug-likeness (QED) is 0.393. The zero-order chi connectivity index (χ0) is 20.7. The van der Waals surface area contributed by atoms with Gasteiger partial charge in [-0.05, 0) is 53.6 Å². The lowest BCUT2D eigenvalue weighted by molar-refractivity contribution is 0.0687. The molecule has 0 aliphatic heterocycles. The van der Waals surface area contributed by atoms with Gasteiger partial charge in [0.15, 0.2) is 11.6 Å². The van der Waals surface area contributed by atoms with Crippen molar-refractivity contribution in [3.8, 4) is 11.1 Å². The Labute approximate surface area is 174 Å². The molecule has 7 heteroatoms. The second-order valence-corrected chi connectivity index (χ2v) is 7.41. The monoisotopic (exact) mass is 431 g/mol. The van der Waals surface area contributed by atoms with Crippen molar-refractivity contribution in [3.63, 3.8) is 0 Å². The molecule has 0 spiro atoms. The van der Waals surface area contributed by atoms with Gasteiger partial charge in [0.05, 0.1) is 0 Å². The van der Waals surface area contributed by atoms with E-state index < -0.39 is 17.6 Å². The number of aromatic nitrogens is 1. The van der Waals surface area contributed by atoms with E-state index in [0.29, 0.717) is 20.9 Å². The summed E-state index contributed by atoms with van der Waals surface area (Å²) in [5, 5.41) is 11.4. The van der Waals surface area contributed by atoms with Crippen LogP contribution in [0.1, 0.15) is 16.1 Å². The lowest BCUT2D eigenvalue weighted by atomic mass is 10.0.